The molecular weight excluding hydrogens is 282 g/mol. The Morgan fingerprint density at radius 2 is 2.41 bits per heavy atom. The highest BCUT2D eigenvalue weighted by atomic mass is 79.9. The summed E-state index contributed by atoms with van der Waals surface area (Å²) in [6.07, 6.45) is 4.83. The van der Waals surface area contributed by atoms with Gasteiger partial charge in [0.2, 0.25) is 0 Å². The van der Waals surface area contributed by atoms with Crippen LogP contribution in [0.15, 0.2) is 22.8 Å². The van der Waals surface area contributed by atoms with Crippen molar-refractivity contribution in [1.82, 2.24) is 9.88 Å². The Morgan fingerprint density at radius 1 is 1.59 bits per heavy atom. The monoisotopic (exact) mass is 297 g/mol. The summed E-state index contributed by atoms with van der Waals surface area (Å²) in [5.74, 6) is -0.0207. The molecule has 0 bridgehead atoms. The van der Waals surface area contributed by atoms with Crippen molar-refractivity contribution in [3.05, 3.63) is 28.5 Å². The van der Waals surface area contributed by atoms with E-state index in [1.54, 1.807) is 12.3 Å². The molecule has 2 heterocycles. The van der Waals surface area contributed by atoms with Gasteiger partial charge in [0.25, 0.3) is 5.91 Å². The Bertz CT molecular complexity index is 410. The fourth-order valence-electron chi connectivity index (χ4n) is 2.19. The molecule has 0 aromatic carbocycles. The highest BCUT2D eigenvalue weighted by Crippen LogP contribution is 2.21. The quantitative estimate of drug-likeness (QED) is 0.905. The van der Waals surface area contributed by atoms with Gasteiger partial charge in [-0.1, -0.05) is 0 Å². The van der Waals surface area contributed by atoms with Crippen molar-refractivity contribution >= 4 is 21.8 Å². The van der Waals surface area contributed by atoms with Gasteiger partial charge in [0.1, 0.15) is 5.69 Å². The first-order valence-electron chi connectivity index (χ1n) is 5.85. The van der Waals surface area contributed by atoms with Crippen LogP contribution < -0.4 is 5.73 Å². The molecule has 1 fully saturated rings. The van der Waals surface area contributed by atoms with E-state index in [-0.39, 0.29) is 11.9 Å². The number of pyridine rings is 1. The highest BCUT2D eigenvalue weighted by Gasteiger charge is 2.28. The number of likely N-dealkylation sites (tertiary alicyclic amines) is 1. The van der Waals surface area contributed by atoms with Crippen LogP contribution in [-0.2, 0) is 0 Å². The number of piperidine rings is 1. The number of nitrogens with zero attached hydrogens (tertiary/aromatic N) is 2. The molecule has 1 amide bonds. The van der Waals surface area contributed by atoms with Gasteiger partial charge in [-0.05, 0) is 47.3 Å². The lowest BCUT2D eigenvalue weighted by Crippen LogP contribution is -2.47. The Balaban J connectivity index is 2.21. The average Bonchev–Trinajstić information content (AvgIpc) is 2.38. The zero-order valence-electron chi connectivity index (χ0n) is 9.60. The number of carbonyl (C=O) groups is 1. The minimum absolute atomic E-state index is 0.0207. The van der Waals surface area contributed by atoms with Crippen LogP contribution in [-0.4, -0.2) is 34.9 Å². The van der Waals surface area contributed by atoms with Crippen LogP contribution >= 0.6 is 15.9 Å². The standard InChI is InChI=1S/C12H16BrN3O/c13-10-5-3-6-15-11(10)12(17)16-7-2-1-4-9(16)8-14/h3,5-6,9H,1-2,4,7-8,14H2. The molecule has 4 nitrogen and oxygen atoms in total. The van der Waals surface area contributed by atoms with Crippen LogP contribution in [0.4, 0.5) is 0 Å². The largest absolute Gasteiger partial charge is 0.333 e. The molecule has 1 saturated heterocycles. The molecule has 1 aliphatic heterocycles. The smallest absolute Gasteiger partial charge is 0.273 e. The van der Waals surface area contributed by atoms with Gasteiger partial charge in [0.15, 0.2) is 0 Å². The third-order valence-corrected chi connectivity index (χ3v) is 3.76. The Morgan fingerprint density at radius 3 is 3.12 bits per heavy atom. The first kappa shape index (κ1) is 12.5. The average molecular weight is 298 g/mol. The van der Waals surface area contributed by atoms with Gasteiger partial charge in [0, 0.05) is 29.8 Å². The molecule has 1 aromatic heterocycles. The van der Waals surface area contributed by atoms with Crippen LogP contribution in [0.2, 0.25) is 0 Å². The van der Waals surface area contributed by atoms with Gasteiger partial charge in [-0.3, -0.25) is 4.79 Å². The van der Waals surface area contributed by atoms with Gasteiger partial charge < -0.3 is 10.6 Å². The number of rotatable bonds is 2. The van der Waals surface area contributed by atoms with Crippen molar-refractivity contribution in [2.75, 3.05) is 13.1 Å². The van der Waals surface area contributed by atoms with Crippen molar-refractivity contribution in [2.45, 2.75) is 25.3 Å². The molecule has 0 spiro atoms. The molecule has 1 aliphatic rings. The number of hydrogen-bond donors (Lipinski definition) is 1. The van der Waals surface area contributed by atoms with E-state index < -0.39 is 0 Å². The molecular formula is C12H16BrN3O. The van der Waals surface area contributed by atoms with Crippen molar-refractivity contribution in [1.29, 1.82) is 0 Å². The molecule has 5 heteroatoms. The molecule has 2 N–H and O–H groups in total. The SMILES string of the molecule is NCC1CCCCN1C(=O)c1ncccc1Br. The topological polar surface area (TPSA) is 59.2 Å². The Kier molecular flexibility index (Phi) is 4.12. The summed E-state index contributed by atoms with van der Waals surface area (Å²) in [5, 5.41) is 0. The van der Waals surface area contributed by atoms with Crippen LogP contribution in [0.25, 0.3) is 0 Å². The van der Waals surface area contributed by atoms with E-state index in [9.17, 15) is 4.79 Å². The summed E-state index contributed by atoms with van der Waals surface area (Å²) < 4.78 is 0.742. The number of halogens is 1. The van der Waals surface area contributed by atoms with E-state index >= 15 is 0 Å². The minimum Gasteiger partial charge on any atom is -0.333 e. The predicted octanol–water partition coefficient (Wildman–Crippen LogP) is 1.80. The Hall–Kier alpha value is -0.940. The highest BCUT2D eigenvalue weighted by molar-refractivity contribution is 9.10. The van der Waals surface area contributed by atoms with Gasteiger partial charge in [-0.15, -0.1) is 0 Å². The minimum atomic E-state index is -0.0207. The van der Waals surface area contributed by atoms with E-state index in [1.165, 1.54) is 0 Å². The maximum absolute atomic E-state index is 12.4. The second-order valence-electron chi connectivity index (χ2n) is 4.22. The molecule has 1 aromatic rings. The normalized spacial score (nSPS) is 20.4. The predicted molar refractivity (Wildman–Crippen MR) is 69.7 cm³/mol. The number of amides is 1. The number of aromatic nitrogens is 1. The fourth-order valence-corrected chi connectivity index (χ4v) is 2.62. The molecule has 1 unspecified atom stereocenters. The summed E-state index contributed by atoms with van der Waals surface area (Å²) in [7, 11) is 0. The van der Waals surface area contributed by atoms with E-state index in [0.29, 0.717) is 12.2 Å². The van der Waals surface area contributed by atoms with Crippen LogP contribution in [0.5, 0.6) is 0 Å². The van der Waals surface area contributed by atoms with Crippen LogP contribution in [0.3, 0.4) is 0 Å². The van der Waals surface area contributed by atoms with E-state index in [2.05, 4.69) is 20.9 Å². The first-order valence-corrected chi connectivity index (χ1v) is 6.65. The number of hydrogen-bond acceptors (Lipinski definition) is 3. The molecule has 0 saturated carbocycles. The van der Waals surface area contributed by atoms with E-state index in [4.69, 9.17) is 5.73 Å². The molecule has 0 radical (unpaired) electrons. The molecule has 0 aliphatic carbocycles. The van der Waals surface area contributed by atoms with Crippen molar-refractivity contribution in [3.63, 3.8) is 0 Å². The van der Waals surface area contributed by atoms with Crippen LogP contribution in [0, 0.1) is 0 Å². The molecule has 2 rings (SSSR count). The zero-order chi connectivity index (χ0) is 12.3. The lowest BCUT2D eigenvalue weighted by molar-refractivity contribution is 0.0616. The maximum atomic E-state index is 12.4. The van der Waals surface area contributed by atoms with Gasteiger partial charge >= 0.3 is 0 Å². The molecule has 92 valence electrons. The molecule has 17 heavy (non-hydrogen) atoms. The molecule has 1 atom stereocenters. The first-order chi connectivity index (χ1) is 8.24. The number of nitrogens with two attached hydrogens (primary N) is 1. The summed E-state index contributed by atoms with van der Waals surface area (Å²) in [4.78, 5) is 18.4. The van der Waals surface area contributed by atoms with E-state index in [1.807, 2.05) is 11.0 Å². The van der Waals surface area contributed by atoms with Crippen molar-refractivity contribution in [3.8, 4) is 0 Å². The second kappa shape index (κ2) is 5.60. The lowest BCUT2D eigenvalue weighted by atomic mass is 10.0. The fraction of sp³-hybridized carbons (Fsp3) is 0.500. The Labute approximate surface area is 109 Å². The zero-order valence-corrected chi connectivity index (χ0v) is 11.2. The lowest BCUT2D eigenvalue weighted by Gasteiger charge is -2.34. The van der Waals surface area contributed by atoms with Crippen molar-refractivity contribution in [2.24, 2.45) is 5.73 Å². The summed E-state index contributed by atoms with van der Waals surface area (Å²) in [6, 6.07) is 3.80. The summed E-state index contributed by atoms with van der Waals surface area (Å²) >= 11 is 3.36. The van der Waals surface area contributed by atoms with Gasteiger partial charge in [-0.2, -0.15) is 0 Å². The number of carbonyl (C=O) groups excluding carboxylic acids is 1. The third-order valence-electron chi connectivity index (χ3n) is 3.12. The third kappa shape index (κ3) is 2.66. The van der Waals surface area contributed by atoms with Crippen LogP contribution in [0.1, 0.15) is 29.8 Å². The second-order valence-corrected chi connectivity index (χ2v) is 5.07. The summed E-state index contributed by atoms with van der Waals surface area (Å²) in [6.45, 7) is 1.31. The van der Waals surface area contributed by atoms with Gasteiger partial charge in [0.05, 0.1) is 0 Å². The summed E-state index contributed by atoms with van der Waals surface area (Å²) in [5.41, 5.74) is 6.20. The maximum Gasteiger partial charge on any atom is 0.273 e. The van der Waals surface area contributed by atoms with Gasteiger partial charge in [-0.25, -0.2) is 4.98 Å². The van der Waals surface area contributed by atoms with Crippen molar-refractivity contribution < 1.29 is 4.79 Å². The van der Waals surface area contributed by atoms with E-state index in [0.717, 1.165) is 30.3 Å².